The summed E-state index contributed by atoms with van der Waals surface area (Å²) in [4.78, 5) is 13.8. The Kier molecular flexibility index (Phi) is 7.28. The van der Waals surface area contributed by atoms with Crippen molar-refractivity contribution in [2.24, 2.45) is 5.92 Å². The normalized spacial score (nSPS) is 22.9. The molecule has 4 heteroatoms. The summed E-state index contributed by atoms with van der Waals surface area (Å²) in [6.45, 7) is 6.92. The van der Waals surface area contributed by atoms with Crippen molar-refractivity contribution in [1.82, 2.24) is 10.2 Å². The third-order valence-electron chi connectivity index (χ3n) is 3.68. The van der Waals surface area contributed by atoms with Gasteiger partial charge in [0.05, 0.1) is 6.10 Å². The fourth-order valence-corrected chi connectivity index (χ4v) is 2.61. The summed E-state index contributed by atoms with van der Waals surface area (Å²) in [6, 6.07) is 0. The standard InChI is InChI=1S/C14H28N2O2/c1-3-5-12-6-7-14(18)16(9-8-12)11-13(17)10-15-4-2/h12-13,15,17H,3-11H2,1-2H3. The molecule has 0 aromatic heterocycles. The van der Waals surface area contributed by atoms with Crippen LogP contribution < -0.4 is 5.32 Å². The highest BCUT2D eigenvalue weighted by Gasteiger charge is 2.23. The van der Waals surface area contributed by atoms with Gasteiger partial charge in [-0.15, -0.1) is 0 Å². The maximum Gasteiger partial charge on any atom is 0.222 e. The number of aliphatic hydroxyl groups is 1. The number of carbonyl (C=O) groups is 1. The number of nitrogens with zero attached hydrogens (tertiary/aromatic N) is 1. The fraction of sp³-hybridized carbons (Fsp3) is 0.929. The second kappa shape index (κ2) is 8.48. The summed E-state index contributed by atoms with van der Waals surface area (Å²) in [5.41, 5.74) is 0. The van der Waals surface area contributed by atoms with Crippen LogP contribution in [-0.4, -0.2) is 48.2 Å². The van der Waals surface area contributed by atoms with Gasteiger partial charge in [-0.05, 0) is 25.3 Å². The molecule has 4 nitrogen and oxygen atoms in total. The van der Waals surface area contributed by atoms with E-state index >= 15 is 0 Å². The summed E-state index contributed by atoms with van der Waals surface area (Å²) in [5, 5.41) is 13.0. The Labute approximate surface area is 111 Å². The van der Waals surface area contributed by atoms with E-state index in [0.717, 1.165) is 25.9 Å². The Balaban J connectivity index is 2.38. The van der Waals surface area contributed by atoms with Gasteiger partial charge < -0.3 is 15.3 Å². The summed E-state index contributed by atoms with van der Waals surface area (Å²) in [5.74, 6) is 0.902. The van der Waals surface area contributed by atoms with Crippen LogP contribution >= 0.6 is 0 Å². The van der Waals surface area contributed by atoms with E-state index in [9.17, 15) is 9.90 Å². The van der Waals surface area contributed by atoms with Gasteiger partial charge >= 0.3 is 0 Å². The molecule has 1 aliphatic rings. The van der Waals surface area contributed by atoms with E-state index in [1.54, 1.807) is 0 Å². The number of amides is 1. The number of aliphatic hydroxyl groups excluding tert-OH is 1. The number of likely N-dealkylation sites (tertiary alicyclic amines) is 1. The zero-order valence-electron chi connectivity index (χ0n) is 11.8. The number of nitrogens with one attached hydrogen (secondary N) is 1. The highest BCUT2D eigenvalue weighted by Crippen LogP contribution is 2.22. The maximum absolute atomic E-state index is 12.0. The molecule has 0 bridgehead atoms. The van der Waals surface area contributed by atoms with Crippen molar-refractivity contribution < 1.29 is 9.90 Å². The molecule has 2 N–H and O–H groups in total. The molecule has 2 unspecified atom stereocenters. The number of β-amino-alcohol motifs (C(OH)–C–C–N with tert-alkyl or cyclic N) is 1. The van der Waals surface area contributed by atoms with Crippen molar-refractivity contribution in [1.29, 1.82) is 0 Å². The van der Waals surface area contributed by atoms with Crippen LogP contribution in [0.1, 0.15) is 46.0 Å². The lowest BCUT2D eigenvalue weighted by Gasteiger charge is -2.24. The Hall–Kier alpha value is -0.610. The smallest absolute Gasteiger partial charge is 0.222 e. The Bertz CT molecular complexity index is 246. The first-order valence-corrected chi connectivity index (χ1v) is 7.33. The average Bonchev–Trinajstić information content (AvgIpc) is 2.52. The molecule has 1 amide bonds. The van der Waals surface area contributed by atoms with E-state index in [0.29, 0.717) is 25.4 Å². The largest absolute Gasteiger partial charge is 0.390 e. The summed E-state index contributed by atoms with van der Waals surface area (Å²) < 4.78 is 0. The van der Waals surface area contributed by atoms with Crippen LogP contribution in [0.15, 0.2) is 0 Å². The zero-order valence-corrected chi connectivity index (χ0v) is 11.8. The third-order valence-corrected chi connectivity index (χ3v) is 3.68. The predicted octanol–water partition coefficient (Wildman–Crippen LogP) is 1.39. The highest BCUT2D eigenvalue weighted by atomic mass is 16.3. The van der Waals surface area contributed by atoms with Crippen LogP contribution in [0.4, 0.5) is 0 Å². The number of likely N-dealkylation sites (N-methyl/N-ethyl adjacent to an activating group) is 1. The fourth-order valence-electron chi connectivity index (χ4n) is 2.61. The Morgan fingerprint density at radius 2 is 2.22 bits per heavy atom. The number of carbonyl (C=O) groups excluding carboxylic acids is 1. The van der Waals surface area contributed by atoms with Gasteiger partial charge in [-0.2, -0.15) is 0 Å². The van der Waals surface area contributed by atoms with Crippen LogP contribution in [0, 0.1) is 5.92 Å². The second-order valence-electron chi connectivity index (χ2n) is 5.28. The van der Waals surface area contributed by atoms with Crippen LogP contribution in [0.3, 0.4) is 0 Å². The molecule has 1 saturated heterocycles. The van der Waals surface area contributed by atoms with Crippen molar-refractivity contribution in [3.8, 4) is 0 Å². The Morgan fingerprint density at radius 3 is 2.89 bits per heavy atom. The lowest BCUT2D eigenvalue weighted by molar-refractivity contribution is -0.132. The van der Waals surface area contributed by atoms with Gasteiger partial charge in [-0.25, -0.2) is 0 Å². The van der Waals surface area contributed by atoms with Crippen LogP contribution in [0.25, 0.3) is 0 Å². The zero-order chi connectivity index (χ0) is 13.4. The van der Waals surface area contributed by atoms with E-state index in [4.69, 9.17) is 0 Å². The minimum atomic E-state index is -0.448. The number of hydrogen-bond acceptors (Lipinski definition) is 3. The van der Waals surface area contributed by atoms with Gasteiger partial charge in [0, 0.05) is 26.1 Å². The minimum absolute atomic E-state index is 0.212. The topological polar surface area (TPSA) is 52.6 Å². The van der Waals surface area contributed by atoms with Gasteiger partial charge in [-0.1, -0.05) is 26.7 Å². The van der Waals surface area contributed by atoms with E-state index in [-0.39, 0.29) is 5.91 Å². The molecule has 0 aromatic carbocycles. The van der Waals surface area contributed by atoms with Crippen molar-refractivity contribution in [3.05, 3.63) is 0 Å². The van der Waals surface area contributed by atoms with Crippen molar-refractivity contribution in [3.63, 3.8) is 0 Å². The molecule has 1 rings (SSSR count). The first kappa shape index (κ1) is 15.4. The van der Waals surface area contributed by atoms with Gasteiger partial charge in [0.25, 0.3) is 0 Å². The molecule has 0 aliphatic carbocycles. The van der Waals surface area contributed by atoms with Crippen LogP contribution in [0.2, 0.25) is 0 Å². The number of rotatable bonds is 7. The van der Waals surface area contributed by atoms with E-state index < -0.39 is 6.10 Å². The SMILES string of the molecule is CCCC1CCC(=O)N(CC(O)CNCC)CC1. The quantitative estimate of drug-likeness (QED) is 0.723. The molecule has 1 aliphatic heterocycles. The maximum atomic E-state index is 12.0. The first-order valence-electron chi connectivity index (χ1n) is 7.33. The molecule has 0 saturated carbocycles. The molecule has 0 radical (unpaired) electrons. The highest BCUT2D eigenvalue weighted by molar-refractivity contribution is 5.76. The lowest BCUT2D eigenvalue weighted by Crippen LogP contribution is -2.41. The molecular weight excluding hydrogens is 228 g/mol. The van der Waals surface area contributed by atoms with Gasteiger partial charge in [0.2, 0.25) is 5.91 Å². The summed E-state index contributed by atoms with van der Waals surface area (Å²) in [7, 11) is 0. The van der Waals surface area contributed by atoms with Gasteiger partial charge in [0.1, 0.15) is 0 Å². The van der Waals surface area contributed by atoms with Gasteiger partial charge in [0.15, 0.2) is 0 Å². The molecule has 2 atom stereocenters. The second-order valence-corrected chi connectivity index (χ2v) is 5.28. The van der Waals surface area contributed by atoms with Crippen LogP contribution in [0.5, 0.6) is 0 Å². The third kappa shape index (κ3) is 5.36. The van der Waals surface area contributed by atoms with Crippen molar-refractivity contribution in [2.75, 3.05) is 26.2 Å². The first-order chi connectivity index (χ1) is 8.67. The molecule has 1 fully saturated rings. The molecule has 18 heavy (non-hydrogen) atoms. The summed E-state index contributed by atoms with van der Waals surface area (Å²) in [6.07, 6.45) is 4.73. The number of hydrogen-bond donors (Lipinski definition) is 2. The van der Waals surface area contributed by atoms with E-state index in [2.05, 4.69) is 12.2 Å². The molecule has 0 spiro atoms. The Morgan fingerprint density at radius 1 is 1.44 bits per heavy atom. The predicted molar refractivity (Wildman–Crippen MR) is 73.4 cm³/mol. The molecule has 1 heterocycles. The van der Waals surface area contributed by atoms with E-state index in [1.807, 2.05) is 11.8 Å². The van der Waals surface area contributed by atoms with Crippen molar-refractivity contribution >= 4 is 5.91 Å². The molecule has 0 aromatic rings. The van der Waals surface area contributed by atoms with E-state index in [1.165, 1.54) is 12.8 Å². The average molecular weight is 256 g/mol. The van der Waals surface area contributed by atoms with Crippen LogP contribution in [-0.2, 0) is 4.79 Å². The summed E-state index contributed by atoms with van der Waals surface area (Å²) >= 11 is 0. The molecule has 106 valence electrons. The molecular formula is C14H28N2O2. The van der Waals surface area contributed by atoms with Crippen molar-refractivity contribution in [2.45, 2.75) is 52.1 Å². The monoisotopic (exact) mass is 256 g/mol. The lowest BCUT2D eigenvalue weighted by atomic mass is 9.96. The minimum Gasteiger partial charge on any atom is -0.390 e. The van der Waals surface area contributed by atoms with Gasteiger partial charge in [-0.3, -0.25) is 4.79 Å².